The Morgan fingerprint density at radius 3 is 2.87 bits per heavy atom. The Hall–Kier alpha value is -1.06. The number of esters is 2. The second-order valence-corrected chi connectivity index (χ2v) is 3.85. The number of hydrogen-bond acceptors (Lipinski definition) is 4. The molecule has 1 saturated heterocycles. The van der Waals surface area contributed by atoms with Crippen molar-refractivity contribution in [1.82, 2.24) is 0 Å². The summed E-state index contributed by atoms with van der Waals surface area (Å²) < 4.78 is 9.89. The van der Waals surface area contributed by atoms with Gasteiger partial charge in [-0.3, -0.25) is 9.59 Å². The molecule has 0 bridgehead atoms. The average molecular weight is 214 g/mol. The highest BCUT2D eigenvalue weighted by molar-refractivity contribution is 5.74. The van der Waals surface area contributed by atoms with Gasteiger partial charge in [-0.25, -0.2) is 0 Å². The van der Waals surface area contributed by atoms with Gasteiger partial charge in [-0.1, -0.05) is 6.92 Å². The standard InChI is InChI=1S/C11H18O4/c1-3-9-5-8(7-15-11(9)13)6-10(12)14-4-2/h8-9H,3-7H2,1-2H3/t8-,9+/m1/s1. The summed E-state index contributed by atoms with van der Waals surface area (Å²) in [4.78, 5) is 22.5. The zero-order chi connectivity index (χ0) is 11.3. The van der Waals surface area contributed by atoms with E-state index >= 15 is 0 Å². The molecule has 0 spiro atoms. The molecule has 1 aliphatic rings. The van der Waals surface area contributed by atoms with Crippen molar-refractivity contribution in [2.45, 2.75) is 33.1 Å². The first-order valence-electron chi connectivity index (χ1n) is 5.49. The summed E-state index contributed by atoms with van der Waals surface area (Å²) in [7, 11) is 0. The lowest BCUT2D eigenvalue weighted by Crippen LogP contribution is -2.31. The summed E-state index contributed by atoms with van der Waals surface area (Å²) in [6.45, 7) is 4.50. The van der Waals surface area contributed by atoms with E-state index in [1.807, 2.05) is 6.92 Å². The quantitative estimate of drug-likeness (QED) is 0.666. The molecular weight excluding hydrogens is 196 g/mol. The van der Waals surface area contributed by atoms with Gasteiger partial charge in [0.25, 0.3) is 0 Å². The van der Waals surface area contributed by atoms with E-state index in [4.69, 9.17) is 9.47 Å². The topological polar surface area (TPSA) is 52.6 Å². The lowest BCUT2D eigenvalue weighted by Gasteiger charge is -2.26. The number of ether oxygens (including phenoxy) is 2. The van der Waals surface area contributed by atoms with Crippen molar-refractivity contribution in [2.24, 2.45) is 11.8 Å². The summed E-state index contributed by atoms with van der Waals surface area (Å²) in [6.07, 6.45) is 1.88. The van der Waals surface area contributed by atoms with E-state index in [1.54, 1.807) is 6.92 Å². The number of carbonyl (C=O) groups excluding carboxylic acids is 2. The van der Waals surface area contributed by atoms with E-state index in [1.165, 1.54) is 0 Å². The van der Waals surface area contributed by atoms with Gasteiger partial charge in [0, 0.05) is 5.92 Å². The van der Waals surface area contributed by atoms with Crippen LogP contribution in [0.2, 0.25) is 0 Å². The van der Waals surface area contributed by atoms with Crippen LogP contribution in [0.4, 0.5) is 0 Å². The fourth-order valence-corrected chi connectivity index (χ4v) is 1.82. The van der Waals surface area contributed by atoms with Gasteiger partial charge in [-0.15, -0.1) is 0 Å². The van der Waals surface area contributed by atoms with Gasteiger partial charge in [0.1, 0.15) is 0 Å². The molecule has 0 aliphatic carbocycles. The maximum absolute atomic E-state index is 11.2. The van der Waals surface area contributed by atoms with Crippen LogP contribution in [0.3, 0.4) is 0 Å². The summed E-state index contributed by atoms with van der Waals surface area (Å²) in [5, 5.41) is 0. The number of carbonyl (C=O) groups is 2. The maximum Gasteiger partial charge on any atom is 0.308 e. The number of rotatable bonds is 4. The van der Waals surface area contributed by atoms with Crippen molar-refractivity contribution in [3.8, 4) is 0 Å². The molecule has 4 heteroatoms. The summed E-state index contributed by atoms with van der Waals surface area (Å²) in [5.41, 5.74) is 0. The van der Waals surface area contributed by atoms with E-state index in [-0.39, 0.29) is 23.8 Å². The molecule has 0 unspecified atom stereocenters. The minimum absolute atomic E-state index is 0.0434. The van der Waals surface area contributed by atoms with Crippen LogP contribution in [-0.2, 0) is 19.1 Å². The highest BCUT2D eigenvalue weighted by Gasteiger charge is 2.30. The highest BCUT2D eigenvalue weighted by atomic mass is 16.5. The third-order valence-electron chi connectivity index (χ3n) is 2.67. The van der Waals surface area contributed by atoms with E-state index < -0.39 is 0 Å². The van der Waals surface area contributed by atoms with E-state index in [9.17, 15) is 9.59 Å². The second kappa shape index (κ2) is 5.73. The minimum atomic E-state index is -0.199. The van der Waals surface area contributed by atoms with Gasteiger partial charge in [-0.2, -0.15) is 0 Å². The molecule has 2 atom stereocenters. The predicted octanol–water partition coefficient (Wildman–Crippen LogP) is 1.53. The van der Waals surface area contributed by atoms with Gasteiger partial charge in [0.15, 0.2) is 0 Å². The van der Waals surface area contributed by atoms with Crippen LogP contribution in [0.1, 0.15) is 33.1 Å². The smallest absolute Gasteiger partial charge is 0.308 e. The first kappa shape index (κ1) is 12.0. The molecule has 15 heavy (non-hydrogen) atoms. The molecule has 0 aromatic carbocycles. The summed E-state index contributed by atoms with van der Waals surface area (Å²) in [6, 6.07) is 0. The van der Waals surface area contributed by atoms with Crippen LogP contribution in [-0.4, -0.2) is 25.2 Å². The van der Waals surface area contributed by atoms with Gasteiger partial charge in [0.05, 0.1) is 25.6 Å². The lowest BCUT2D eigenvalue weighted by molar-refractivity contribution is -0.159. The SMILES string of the molecule is CCOC(=O)C[C@@H]1COC(=O)[C@@H](CC)C1. The molecule has 4 nitrogen and oxygen atoms in total. The number of hydrogen-bond donors (Lipinski definition) is 0. The molecular formula is C11H18O4. The molecule has 1 fully saturated rings. The monoisotopic (exact) mass is 214 g/mol. The summed E-state index contributed by atoms with van der Waals surface area (Å²) in [5.74, 6) is -0.238. The molecule has 0 N–H and O–H groups in total. The molecule has 1 aliphatic heterocycles. The third-order valence-corrected chi connectivity index (χ3v) is 2.67. The average Bonchev–Trinajstić information content (AvgIpc) is 2.21. The molecule has 1 rings (SSSR count). The van der Waals surface area contributed by atoms with Gasteiger partial charge >= 0.3 is 11.9 Å². The maximum atomic E-state index is 11.2. The normalized spacial score (nSPS) is 25.9. The zero-order valence-electron chi connectivity index (χ0n) is 9.32. The Labute approximate surface area is 89.9 Å². The first-order valence-corrected chi connectivity index (χ1v) is 5.49. The van der Waals surface area contributed by atoms with Crippen molar-refractivity contribution in [3.05, 3.63) is 0 Å². The Kier molecular flexibility index (Phi) is 4.59. The molecule has 86 valence electrons. The highest BCUT2D eigenvalue weighted by Crippen LogP contribution is 2.25. The fraction of sp³-hybridized carbons (Fsp3) is 0.818. The van der Waals surface area contributed by atoms with Gasteiger partial charge in [-0.05, 0) is 19.8 Å². The second-order valence-electron chi connectivity index (χ2n) is 3.85. The Bertz CT molecular complexity index is 237. The van der Waals surface area contributed by atoms with Crippen molar-refractivity contribution < 1.29 is 19.1 Å². The fourth-order valence-electron chi connectivity index (χ4n) is 1.82. The van der Waals surface area contributed by atoms with Crippen molar-refractivity contribution in [2.75, 3.05) is 13.2 Å². The van der Waals surface area contributed by atoms with Crippen molar-refractivity contribution >= 4 is 11.9 Å². The van der Waals surface area contributed by atoms with Crippen molar-refractivity contribution in [3.63, 3.8) is 0 Å². The van der Waals surface area contributed by atoms with Gasteiger partial charge in [0.2, 0.25) is 0 Å². The largest absolute Gasteiger partial charge is 0.466 e. The van der Waals surface area contributed by atoms with E-state index in [0.717, 1.165) is 12.8 Å². The molecule has 0 aromatic heterocycles. The number of cyclic esters (lactones) is 1. The minimum Gasteiger partial charge on any atom is -0.466 e. The van der Waals surface area contributed by atoms with Crippen LogP contribution >= 0.6 is 0 Å². The molecule has 0 radical (unpaired) electrons. The van der Waals surface area contributed by atoms with E-state index in [2.05, 4.69) is 0 Å². The van der Waals surface area contributed by atoms with Gasteiger partial charge < -0.3 is 9.47 Å². The Morgan fingerprint density at radius 1 is 1.53 bits per heavy atom. The van der Waals surface area contributed by atoms with Crippen LogP contribution in [0.15, 0.2) is 0 Å². The van der Waals surface area contributed by atoms with Crippen LogP contribution in [0, 0.1) is 11.8 Å². The van der Waals surface area contributed by atoms with Crippen LogP contribution in [0.25, 0.3) is 0 Å². The molecule has 1 heterocycles. The van der Waals surface area contributed by atoms with Crippen LogP contribution in [0.5, 0.6) is 0 Å². The Morgan fingerprint density at radius 2 is 2.27 bits per heavy atom. The first-order chi connectivity index (χ1) is 7.17. The zero-order valence-corrected chi connectivity index (χ0v) is 9.32. The Balaban J connectivity index is 2.38. The molecule has 0 saturated carbocycles. The van der Waals surface area contributed by atoms with Crippen molar-refractivity contribution in [1.29, 1.82) is 0 Å². The van der Waals surface area contributed by atoms with Crippen LogP contribution < -0.4 is 0 Å². The summed E-state index contributed by atoms with van der Waals surface area (Å²) >= 11 is 0. The molecule has 0 aromatic rings. The van der Waals surface area contributed by atoms with E-state index in [0.29, 0.717) is 19.6 Å². The molecule has 0 amide bonds. The predicted molar refractivity (Wildman–Crippen MR) is 54.1 cm³/mol. The lowest BCUT2D eigenvalue weighted by atomic mass is 9.89. The third kappa shape index (κ3) is 3.53.